The molecule has 1 N–H and O–H groups in total. The molecule has 4 aromatic rings. The lowest BCUT2D eigenvalue weighted by atomic mass is 10.1. The highest BCUT2D eigenvalue weighted by molar-refractivity contribution is 6.30. The van der Waals surface area contributed by atoms with Gasteiger partial charge in [-0.2, -0.15) is 10.2 Å². The summed E-state index contributed by atoms with van der Waals surface area (Å²) in [5.74, 6) is 0.183. The van der Waals surface area contributed by atoms with E-state index in [9.17, 15) is 4.79 Å². The van der Waals surface area contributed by atoms with Crippen LogP contribution in [0.15, 0.2) is 90.2 Å². The smallest absolute Gasteiger partial charge is 0.277 e. The van der Waals surface area contributed by atoms with Crippen LogP contribution in [-0.4, -0.2) is 28.5 Å². The summed E-state index contributed by atoms with van der Waals surface area (Å²) in [6.07, 6.45) is 3.47. The molecule has 0 unspecified atom stereocenters. The van der Waals surface area contributed by atoms with Gasteiger partial charge in [0, 0.05) is 22.3 Å². The molecule has 0 saturated carbocycles. The number of hydrogen-bond acceptors (Lipinski definition) is 4. The van der Waals surface area contributed by atoms with E-state index < -0.39 is 0 Å². The van der Waals surface area contributed by atoms with Crippen molar-refractivity contribution in [2.75, 3.05) is 6.61 Å². The summed E-state index contributed by atoms with van der Waals surface area (Å²) < 4.78 is 7.23. The quantitative estimate of drug-likeness (QED) is 0.321. The van der Waals surface area contributed by atoms with Crippen LogP contribution in [0.2, 0.25) is 5.02 Å². The zero-order valence-corrected chi connectivity index (χ0v) is 18.2. The number of aryl methyl sites for hydroxylation is 1. The Bertz CT molecular complexity index is 1230. The van der Waals surface area contributed by atoms with E-state index in [2.05, 4.69) is 16.6 Å². The van der Waals surface area contributed by atoms with Crippen molar-refractivity contribution in [3.63, 3.8) is 0 Å². The van der Waals surface area contributed by atoms with Crippen molar-refractivity contribution in [3.05, 3.63) is 101 Å². The van der Waals surface area contributed by atoms with E-state index in [1.54, 1.807) is 35.2 Å². The molecule has 0 bridgehead atoms. The van der Waals surface area contributed by atoms with Gasteiger partial charge >= 0.3 is 0 Å². The van der Waals surface area contributed by atoms with Crippen LogP contribution in [0.25, 0.3) is 16.9 Å². The van der Waals surface area contributed by atoms with Crippen LogP contribution < -0.4 is 10.2 Å². The second kappa shape index (κ2) is 9.94. The number of nitrogens with one attached hydrogen (secondary N) is 1. The van der Waals surface area contributed by atoms with Gasteiger partial charge in [-0.1, -0.05) is 53.6 Å². The normalized spacial score (nSPS) is 10.9. The molecule has 4 rings (SSSR count). The van der Waals surface area contributed by atoms with Crippen molar-refractivity contribution in [2.24, 2.45) is 5.10 Å². The van der Waals surface area contributed by atoms with E-state index in [4.69, 9.17) is 21.4 Å². The van der Waals surface area contributed by atoms with Crippen LogP contribution in [-0.2, 0) is 4.79 Å². The fourth-order valence-corrected chi connectivity index (χ4v) is 3.22. The molecule has 0 aliphatic carbocycles. The largest absolute Gasteiger partial charge is 0.484 e. The van der Waals surface area contributed by atoms with Crippen molar-refractivity contribution in [1.82, 2.24) is 15.2 Å². The lowest BCUT2D eigenvalue weighted by Crippen LogP contribution is -2.24. The molecule has 7 heteroatoms. The van der Waals surface area contributed by atoms with Gasteiger partial charge in [0.25, 0.3) is 5.91 Å². The van der Waals surface area contributed by atoms with E-state index in [0.29, 0.717) is 10.8 Å². The Morgan fingerprint density at radius 1 is 1.09 bits per heavy atom. The van der Waals surface area contributed by atoms with E-state index in [1.807, 2.05) is 61.7 Å². The predicted molar refractivity (Wildman–Crippen MR) is 126 cm³/mol. The van der Waals surface area contributed by atoms with Gasteiger partial charge in [-0.05, 0) is 49.4 Å². The third kappa shape index (κ3) is 5.42. The maximum absolute atomic E-state index is 12.1. The minimum Gasteiger partial charge on any atom is -0.484 e. The minimum atomic E-state index is -0.372. The summed E-state index contributed by atoms with van der Waals surface area (Å²) in [4.78, 5) is 12.1. The lowest BCUT2D eigenvalue weighted by Gasteiger charge is -2.04. The number of hydrogen-bond donors (Lipinski definition) is 1. The molecule has 0 aliphatic heterocycles. The first kappa shape index (κ1) is 21.3. The van der Waals surface area contributed by atoms with E-state index in [1.165, 1.54) is 0 Å². The standard InChI is InChI=1S/C25H21ClN4O2/c1-18-6-5-7-19(14-18)25-20(16-30(29-25)22-8-3-2-4-9-22)15-27-28-24(31)17-32-23-12-10-21(26)11-13-23/h2-16H,17H2,1H3,(H,28,31)/b27-15-. The third-order valence-corrected chi connectivity index (χ3v) is 4.88. The van der Waals surface area contributed by atoms with Crippen LogP contribution in [0.3, 0.4) is 0 Å². The lowest BCUT2D eigenvalue weighted by molar-refractivity contribution is -0.123. The van der Waals surface area contributed by atoms with Crippen molar-refractivity contribution in [2.45, 2.75) is 6.92 Å². The molecule has 1 amide bonds. The van der Waals surface area contributed by atoms with E-state index in [-0.39, 0.29) is 12.5 Å². The Morgan fingerprint density at radius 3 is 2.62 bits per heavy atom. The second-order valence-electron chi connectivity index (χ2n) is 7.12. The number of para-hydroxylation sites is 1. The van der Waals surface area contributed by atoms with E-state index >= 15 is 0 Å². The van der Waals surface area contributed by atoms with Crippen molar-refractivity contribution in [3.8, 4) is 22.7 Å². The maximum Gasteiger partial charge on any atom is 0.277 e. The molecule has 32 heavy (non-hydrogen) atoms. The number of carbonyl (C=O) groups excluding carboxylic acids is 1. The number of halogens is 1. The second-order valence-corrected chi connectivity index (χ2v) is 7.55. The van der Waals surface area contributed by atoms with E-state index in [0.717, 1.165) is 28.1 Å². The molecule has 0 fully saturated rings. The predicted octanol–water partition coefficient (Wildman–Crippen LogP) is 5.03. The monoisotopic (exact) mass is 444 g/mol. The number of carbonyl (C=O) groups is 1. The van der Waals surface area contributed by atoms with Gasteiger partial charge in [0.05, 0.1) is 11.9 Å². The number of nitrogens with zero attached hydrogens (tertiary/aromatic N) is 3. The average Bonchev–Trinajstić information content (AvgIpc) is 3.23. The molecular weight excluding hydrogens is 424 g/mol. The topological polar surface area (TPSA) is 68.5 Å². The summed E-state index contributed by atoms with van der Waals surface area (Å²) >= 11 is 5.85. The molecule has 0 aliphatic rings. The highest BCUT2D eigenvalue weighted by Crippen LogP contribution is 2.23. The van der Waals surface area contributed by atoms with Gasteiger partial charge in [-0.3, -0.25) is 4.79 Å². The third-order valence-electron chi connectivity index (χ3n) is 4.63. The fraction of sp³-hybridized carbons (Fsp3) is 0.0800. The average molecular weight is 445 g/mol. The first-order valence-electron chi connectivity index (χ1n) is 10.0. The van der Waals surface area contributed by atoms with Crippen LogP contribution in [0.4, 0.5) is 0 Å². The van der Waals surface area contributed by atoms with Crippen LogP contribution >= 0.6 is 11.6 Å². The molecular formula is C25H21ClN4O2. The zero-order valence-electron chi connectivity index (χ0n) is 17.4. The Labute approximate surface area is 191 Å². The molecule has 1 heterocycles. The maximum atomic E-state index is 12.1. The van der Waals surface area contributed by atoms with Gasteiger partial charge in [0.15, 0.2) is 6.61 Å². The molecule has 160 valence electrons. The summed E-state index contributed by atoms with van der Waals surface area (Å²) in [6, 6.07) is 24.7. The number of benzene rings is 3. The van der Waals surface area contributed by atoms with Crippen LogP contribution in [0, 0.1) is 6.92 Å². The Balaban J connectivity index is 1.50. The molecule has 6 nitrogen and oxygen atoms in total. The zero-order chi connectivity index (χ0) is 22.3. The SMILES string of the molecule is Cc1cccc(-c2nn(-c3ccccc3)cc2/C=N\NC(=O)COc2ccc(Cl)cc2)c1. The Kier molecular flexibility index (Phi) is 6.63. The summed E-state index contributed by atoms with van der Waals surface area (Å²) in [6.45, 7) is 1.87. The number of rotatable bonds is 7. The Morgan fingerprint density at radius 2 is 1.88 bits per heavy atom. The van der Waals surface area contributed by atoms with Crippen LogP contribution in [0.1, 0.15) is 11.1 Å². The highest BCUT2D eigenvalue weighted by Gasteiger charge is 2.11. The fourth-order valence-electron chi connectivity index (χ4n) is 3.10. The number of aromatic nitrogens is 2. The highest BCUT2D eigenvalue weighted by atomic mass is 35.5. The van der Waals surface area contributed by atoms with Crippen LogP contribution in [0.5, 0.6) is 5.75 Å². The minimum absolute atomic E-state index is 0.160. The first-order chi connectivity index (χ1) is 15.6. The molecule has 0 spiro atoms. The number of ether oxygens (including phenoxy) is 1. The van der Waals surface area contributed by atoms with Crippen molar-refractivity contribution < 1.29 is 9.53 Å². The van der Waals surface area contributed by atoms with Gasteiger partial charge in [-0.15, -0.1) is 0 Å². The molecule has 1 aromatic heterocycles. The summed E-state index contributed by atoms with van der Waals surface area (Å²) in [7, 11) is 0. The molecule has 0 radical (unpaired) electrons. The van der Waals surface area contributed by atoms with Gasteiger partial charge in [0.2, 0.25) is 0 Å². The molecule has 3 aromatic carbocycles. The summed E-state index contributed by atoms with van der Waals surface area (Å²) in [5.41, 5.74) is 7.08. The Hall–Kier alpha value is -3.90. The summed E-state index contributed by atoms with van der Waals surface area (Å²) in [5, 5.41) is 9.46. The molecule has 0 saturated heterocycles. The number of amides is 1. The van der Waals surface area contributed by atoms with Crippen molar-refractivity contribution >= 4 is 23.7 Å². The van der Waals surface area contributed by atoms with Gasteiger partial charge < -0.3 is 4.74 Å². The number of hydrazone groups is 1. The first-order valence-corrected chi connectivity index (χ1v) is 10.4. The molecule has 0 atom stereocenters. The van der Waals surface area contributed by atoms with Crippen molar-refractivity contribution in [1.29, 1.82) is 0 Å². The van der Waals surface area contributed by atoms with Gasteiger partial charge in [0.1, 0.15) is 11.4 Å². The van der Waals surface area contributed by atoms with Gasteiger partial charge in [-0.25, -0.2) is 10.1 Å².